The summed E-state index contributed by atoms with van der Waals surface area (Å²) in [4.78, 5) is 11.9. The first-order valence-corrected chi connectivity index (χ1v) is 6.13. The van der Waals surface area contributed by atoms with Crippen molar-refractivity contribution >= 4 is 5.78 Å². The van der Waals surface area contributed by atoms with Gasteiger partial charge in [-0.15, -0.1) is 0 Å². The fourth-order valence-corrected chi connectivity index (χ4v) is 1.89. The Morgan fingerprint density at radius 2 is 1.76 bits per heavy atom. The van der Waals surface area contributed by atoms with E-state index in [1.54, 1.807) is 13.8 Å². The topological polar surface area (TPSA) is 37.3 Å². The minimum atomic E-state index is -1.23. The SMILES string of the molecule is CC(C)[C@@H](CC(=O)C(C)(C)O)c1ccccc1. The molecule has 0 saturated heterocycles. The highest BCUT2D eigenvalue weighted by Gasteiger charge is 2.28. The van der Waals surface area contributed by atoms with Gasteiger partial charge >= 0.3 is 0 Å². The van der Waals surface area contributed by atoms with E-state index in [1.807, 2.05) is 30.3 Å². The zero-order valence-corrected chi connectivity index (χ0v) is 11.1. The Bertz CT molecular complexity index is 360. The molecular formula is C15H22O2. The fraction of sp³-hybridized carbons (Fsp3) is 0.533. The molecule has 0 radical (unpaired) electrons. The Labute approximate surface area is 104 Å². The van der Waals surface area contributed by atoms with Crippen molar-refractivity contribution in [2.45, 2.75) is 45.6 Å². The largest absolute Gasteiger partial charge is 0.383 e. The van der Waals surface area contributed by atoms with Crippen LogP contribution in [0.3, 0.4) is 0 Å². The third-order valence-electron chi connectivity index (χ3n) is 3.12. The van der Waals surface area contributed by atoms with E-state index >= 15 is 0 Å². The monoisotopic (exact) mass is 234 g/mol. The predicted octanol–water partition coefficient (Wildman–Crippen LogP) is 3.16. The van der Waals surface area contributed by atoms with Gasteiger partial charge in [-0.3, -0.25) is 4.79 Å². The minimum Gasteiger partial charge on any atom is -0.383 e. The Kier molecular flexibility index (Phi) is 4.47. The van der Waals surface area contributed by atoms with Crippen molar-refractivity contribution in [1.82, 2.24) is 0 Å². The molecule has 2 nitrogen and oxygen atoms in total. The van der Waals surface area contributed by atoms with Crippen molar-refractivity contribution < 1.29 is 9.90 Å². The number of ketones is 1. The van der Waals surface area contributed by atoms with Crippen molar-refractivity contribution in [3.63, 3.8) is 0 Å². The zero-order chi connectivity index (χ0) is 13.1. The van der Waals surface area contributed by atoms with E-state index in [2.05, 4.69) is 13.8 Å². The maximum absolute atomic E-state index is 11.9. The van der Waals surface area contributed by atoms with Crippen LogP contribution in [0.15, 0.2) is 30.3 Å². The molecule has 0 bridgehead atoms. The summed E-state index contributed by atoms with van der Waals surface area (Å²) in [5, 5.41) is 9.71. The van der Waals surface area contributed by atoms with E-state index in [0.717, 1.165) is 0 Å². The average molecular weight is 234 g/mol. The molecule has 1 N–H and O–H groups in total. The van der Waals surface area contributed by atoms with Crippen LogP contribution in [0.1, 0.15) is 45.6 Å². The zero-order valence-electron chi connectivity index (χ0n) is 11.1. The Hall–Kier alpha value is -1.15. The summed E-state index contributed by atoms with van der Waals surface area (Å²) < 4.78 is 0. The molecule has 0 aromatic heterocycles. The van der Waals surface area contributed by atoms with Crippen LogP contribution < -0.4 is 0 Å². The van der Waals surface area contributed by atoms with Gasteiger partial charge in [0.25, 0.3) is 0 Å². The lowest BCUT2D eigenvalue weighted by Gasteiger charge is -2.24. The molecule has 0 fully saturated rings. The molecule has 0 aliphatic heterocycles. The maximum Gasteiger partial charge on any atom is 0.164 e. The number of hydrogen-bond donors (Lipinski definition) is 1. The Morgan fingerprint density at radius 1 is 1.24 bits per heavy atom. The van der Waals surface area contributed by atoms with E-state index in [9.17, 15) is 9.90 Å². The predicted molar refractivity (Wildman–Crippen MR) is 69.9 cm³/mol. The number of benzene rings is 1. The summed E-state index contributed by atoms with van der Waals surface area (Å²) in [6, 6.07) is 10.0. The molecule has 1 aromatic carbocycles. The van der Waals surface area contributed by atoms with E-state index < -0.39 is 5.60 Å². The van der Waals surface area contributed by atoms with Gasteiger partial charge in [-0.05, 0) is 31.2 Å². The van der Waals surface area contributed by atoms with Crippen LogP contribution >= 0.6 is 0 Å². The molecule has 1 aromatic rings. The smallest absolute Gasteiger partial charge is 0.164 e. The number of aliphatic hydroxyl groups is 1. The third-order valence-corrected chi connectivity index (χ3v) is 3.12. The summed E-state index contributed by atoms with van der Waals surface area (Å²) in [6.45, 7) is 7.32. The molecule has 0 heterocycles. The van der Waals surface area contributed by atoms with Crippen LogP contribution in [0, 0.1) is 5.92 Å². The number of carbonyl (C=O) groups excluding carboxylic acids is 1. The first-order valence-electron chi connectivity index (χ1n) is 6.13. The lowest BCUT2D eigenvalue weighted by Crippen LogP contribution is -2.33. The maximum atomic E-state index is 11.9. The van der Waals surface area contributed by atoms with Crippen LogP contribution in [-0.2, 0) is 4.79 Å². The van der Waals surface area contributed by atoms with Crippen LogP contribution in [0.2, 0.25) is 0 Å². The minimum absolute atomic E-state index is 0.0972. The highest BCUT2D eigenvalue weighted by Crippen LogP contribution is 2.29. The summed E-state index contributed by atoms with van der Waals surface area (Å²) in [5.74, 6) is 0.457. The molecule has 2 heteroatoms. The van der Waals surface area contributed by atoms with Crippen LogP contribution in [0.25, 0.3) is 0 Å². The number of carbonyl (C=O) groups is 1. The standard InChI is InChI=1S/C15H22O2/c1-11(2)13(10-14(16)15(3,4)17)12-8-6-5-7-9-12/h5-9,11,13,17H,10H2,1-4H3/t13-/m1/s1. The highest BCUT2D eigenvalue weighted by atomic mass is 16.3. The molecule has 0 aliphatic rings. The molecule has 0 aliphatic carbocycles. The molecule has 1 rings (SSSR count). The number of Topliss-reactive ketones (excluding diaryl/α,β-unsaturated/α-hetero) is 1. The van der Waals surface area contributed by atoms with Gasteiger partial charge in [-0.1, -0.05) is 44.2 Å². The summed E-state index contributed by atoms with van der Waals surface area (Å²) in [7, 11) is 0. The average Bonchev–Trinajstić information content (AvgIpc) is 2.25. The molecule has 0 spiro atoms. The number of rotatable bonds is 5. The van der Waals surface area contributed by atoms with Gasteiger partial charge in [0.2, 0.25) is 0 Å². The van der Waals surface area contributed by atoms with Crippen LogP contribution in [0.5, 0.6) is 0 Å². The van der Waals surface area contributed by atoms with E-state index in [4.69, 9.17) is 0 Å². The van der Waals surface area contributed by atoms with Crippen molar-refractivity contribution in [2.75, 3.05) is 0 Å². The first-order chi connectivity index (χ1) is 7.82. The third kappa shape index (κ3) is 3.97. The summed E-state index contributed by atoms with van der Waals surface area (Å²) in [6.07, 6.45) is 0.394. The molecule has 0 saturated carbocycles. The Morgan fingerprint density at radius 3 is 2.18 bits per heavy atom. The van der Waals surface area contributed by atoms with E-state index in [1.165, 1.54) is 5.56 Å². The second-order valence-corrected chi connectivity index (χ2v) is 5.45. The van der Waals surface area contributed by atoms with Gasteiger partial charge in [0, 0.05) is 6.42 Å². The van der Waals surface area contributed by atoms with Crippen molar-refractivity contribution in [3.05, 3.63) is 35.9 Å². The summed E-state index contributed by atoms with van der Waals surface area (Å²) in [5.41, 5.74) is -0.0674. The lowest BCUT2D eigenvalue weighted by molar-refractivity contribution is -0.134. The van der Waals surface area contributed by atoms with Crippen LogP contribution in [0.4, 0.5) is 0 Å². The molecule has 0 amide bonds. The highest BCUT2D eigenvalue weighted by molar-refractivity contribution is 5.86. The van der Waals surface area contributed by atoms with Crippen molar-refractivity contribution in [1.29, 1.82) is 0 Å². The quantitative estimate of drug-likeness (QED) is 0.849. The van der Waals surface area contributed by atoms with Crippen molar-refractivity contribution in [2.24, 2.45) is 5.92 Å². The van der Waals surface area contributed by atoms with Crippen LogP contribution in [-0.4, -0.2) is 16.5 Å². The first kappa shape index (κ1) is 13.9. The fourth-order valence-electron chi connectivity index (χ4n) is 1.89. The van der Waals surface area contributed by atoms with Crippen molar-refractivity contribution in [3.8, 4) is 0 Å². The van der Waals surface area contributed by atoms with Gasteiger partial charge < -0.3 is 5.11 Å². The normalized spacial score (nSPS) is 13.8. The molecular weight excluding hydrogens is 212 g/mol. The number of hydrogen-bond acceptors (Lipinski definition) is 2. The second-order valence-electron chi connectivity index (χ2n) is 5.45. The van der Waals surface area contributed by atoms with Gasteiger partial charge in [0.15, 0.2) is 5.78 Å². The van der Waals surface area contributed by atoms with E-state index in [-0.39, 0.29) is 11.7 Å². The molecule has 0 unspecified atom stereocenters. The molecule has 94 valence electrons. The van der Waals surface area contributed by atoms with E-state index in [0.29, 0.717) is 12.3 Å². The second kappa shape index (κ2) is 5.46. The van der Waals surface area contributed by atoms with Gasteiger partial charge in [-0.2, -0.15) is 0 Å². The van der Waals surface area contributed by atoms with Gasteiger partial charge in [-0.25, -0.2) is 0 Å². The Balaban J connectivity index is 2.86. The van der Waals surface area contributed by atoms with Gasteiger partial charge in [0.05, 0.1) is 0 Å². The van der Waals surface area contributed by atoms with Gasteiger partial charge in [0.1, 0.15) is 5.60 Å². The molecule has 1 atom stereocenters. The summed E-state index contributed by atoms with van der Waals surface area (Å²) >= 11 is 0. The molecule has 17 heavy (non-hydrogen) atoms. The lowest BCUT2D eigenvalue weighted by atomic mass is 9.82.